The maximum absolute atomic E-state index is 11.1. The Labute approximate surface area is 96.4 Å². The van der Waals surface area contributed by atoms with Crippen LogP contribution < -0.4 is 5.32 Å². The van der Waals surface area contributed by atoms with Crippen molar-refractivity contribution in [2.45, 2.75) is 63.8 Å². The van der Waals surface area contributed by atoms with Crippen molar-refractivity contribution >= 4 is 11.9 Å². The van der Waals surface area contributed by atoms with Gasteiger partial charge in [0.1, 0.15) is 0 Å². The molecule has 0 atom stereocenters. The van der Waals surface area contributed by atoms with Crippen LogP contribution in [0.15, 0.2) is 0 Å². The Morgan fingerprint density at radius 2 is 1.88 bits per heavy atom. The van der Waals surface area contributed by atoms with E-state index in [0.717, 1.165) is 25.7 Å². The van der Waals surface area contributed by atoms with Crippen molar-refractivity contribution in [1.29, 1.82) is 0 Å². The molecule has 2 N–H and O–H groups in total. The van der Waals surface area contributed by atoms with Crippen molar-refractivity contribution < 1.29 is 14.7 Å². The number of carbonyl (C=O) groups is 2. The lowest BCUT2D eigenvalue weighted by Gasteiger charge is -2.30. The number of nitrogens with one attached hydrogen (secondary N) is 1. The molecule has 4 nitrogen and oxygen atoms in total. The number of amides is 1. The highest BCUT2D eigenvalue weighted by Gasteiger charge is 2.33. The summed E-state index contributed by atoms with van der Waals surface area (Å²) in [5.74, 6) is -0.708. The third kappa shape index (κ3) is 4.21. The summed E-state index contributed by atoms with van der Waals surface area (Å²) in [4.78, 5) is 21.5. The molecule has 1 aliphatic carbocycles. The van der Waals surface area contributed by atoms with Crippen LogP contribution >= 0.6 is 0 Å². The molecule has 1 rings (SSSR count). The maximum atomic E-state index is 11.1. The van der Waals surface area contributed by atoms with E-state index >= 15 is 0 Å². The summed E-state index contributed by atoms with van der Waals surface area (Å²) in [5.41, 5.74) is -0.0374. The molecule has 0 saturated heterocycles. The third-order valence-electron chi connectivity index (χ3n) is 3.30. The quantitative estimate of drug-likeness (QED) is 0.683. The van der Waals surface area contributed by atoms with Gasteiger partial charge in [0.05, 0.1) is 0 Å². The van der Waals surface area contributed by atoms with E-state index in [-0.39, 0.29) is 17.9 Å². The minimum Gasteiger partial charge on any atom is -0.481 e. The van der Waals surface area contributed by atoms with Gasteiger partial charge in [-0.25, -0.2) is 0 Å². The number of rotatable bonds is 6. The van der Waals surface area contributed by atoms with Gasteiger partial charge in [-0.2, -0.15) is 0 Å². The van der Waals surface area contributed by atoms with Gasteiger partial charge in [0.15, 0.2) is 0 Å². The summed E-state index contributed by atoms with van der Waals surface area (Å²) in [7, 11) is 0. The molecule has 0 aromatic rings. The SMILES string of the molecule is CC(=O)NC1(CCCCC(=O)O)CCCC1. The monoisotopic (exact) mass is 227 g/mol. The Hall–Kier alpha value is -1.06. The van der Waals surface area contributed by atoms with Crippen molar-refractivity contribution in [2.24, 2.45) is 0 Å². The van der Waals surface area contributed by atoms with Gasteiger partial charge in [0, 0.05) is 18.9 Å². The standard InChI is InChI=1S/C12H21NO3/c1-10(14)13-12(8-4-5-9-12)7-3-2-6-11(15)16/h2-9H2,1H3,(H,13,14)(H,15,16). The summed E-state index contributed by atoms with van der Waals surface area (Å²) in [6.45, 7) is 1.55. The van der Waals surface area contributed by atoms with Crippen molar-refractivity contribution in [3.8, 4) is 0 Å². The van der Waals surface area contributed by atoms with Crippen molar-refractivity contribution in [2.75, 3.05) is 0 Å². The lowest BCUT2D eigenvalue weighted by Crippen LogP contribution is -2.45. The van der Waals surface area contributed by atoms with Crippen LogP contribution in [0.5, 0.6) is 0 Å². The lowest BCUT2D eigenvalue weighted by atomic mass is 9.90. The predicted molar refractivity (Wildman–Crippen MR) is 61.1 cm³/mol. The van der Waals surface area contributed by atoms with Crippen LogP contribution in [-0.2, 0) is 9.59 Å². The second-order valence-electron chi connectivity index (χ2n) is 4.77. The average Bonchev–Trinajstić information content (AvgIpc) is 2.60. The smallest absolute Gasteiger partial charge is 0.303 e. The minimum absolute atomic E-state index is 0.0279. The van der Waals surface area contributed by atoms with Gasteiger partial charge in [-0.1, -0.05) is 19.3 Å². The van der Waals surface area contributed by atoms with Crippen LogP contribution in [0, 0.1) is 0 Å². The molecule has 0 aliphatic heterocycles. The Kier molecular flexibility index (Phi) is 4.77. The number of hydrogen-bond donors (Lipinski definition) is 2. The molecule has 0 unspecified atom stereocenters. The van der Waals surface area contributed by atoms with Gasteiger partial charge >= 0.3 is 5.97 Å². The van der Waals surface area contributed by atoms with E-state index in [0.29, 0.717) is 6.42 Å². The number of carbonyl (C=O) groups excluding carboxylic acids is 1. The zero-order valence-corrected chi connectivity index (χ0v) is 9.92. The van der Waals surface area contributed by atoms with Gasteiger partial charge in [-0.05, 0) is 25.7 Å². The fourth-order valence-electron chi connectivity index (χ4n) is 2.60. The Balaban J connectivity index is 2.33. The van der Waals surface area contributed by atoms with E-state index in [2.05, 4.69) is 5.32 Å². The summed E-state index contributed by atoms with van der Waals surface area (Å²) in [5, 5.41) is 11.6. The van der Waals surface area contributed by atoms with Crippen LogP contribution in [0.4, 0.5) is 0 Å². The summed E-state index contributed by atoms with van der Waals surface area (Å²) in [6, 6.07) is 0. The van der Waals surface area contributed by atoms with E-state index in [1.165, 1.54) is 12.8 Å². The highest BCUT2D eigenvalue weighted by atomic mass is 16.4. The molecule has 4 heteroatoms. The molecule has 0 aromatic carbocycles. The van der Waals surface area contributed by atoms with Crippen LogP contribution in [-0.4, -0.2) is 22.5 Å². The number of carboxylic acid groups (broad SMARTS) is 1. The fourth-order valence-corrected chi connectivity index (χ4v) is 2.60. The Morgan fingerprint density at radius 1 is 1.25 bits per heavy atom. The molecule has 16 heavy (non-hydrogen) atoms. The topological polar surface area (TPSA) is 66.4 Å². The molecule has 1 fully saturated rings. The molecule has 92 valence electrons. The average molecular weight is 227 g/mol. The molecule has 0 bridgehead atoms. The summed E-state index contributed by atoms with van der Waals surface area (Å²) in [6.07, 6.45) is 7.15. The third-order valence-corrected chi connectivity index (χ3v) is 3.30. The number of aliphatic carboxylic acids is 1. The predicted octanol–water partition coefficient (Wildman–Crippen LogP) is 2.08. The first-order valence-corrected chi connectivity index (χ1v) is 6.05. The zero-order chi connectivity index (χ0) is 12.0. The molecule has 1 aliphatic rings. The number of hydrogen-bond acceptors (Lipinski definition) is 2. The molecule has 1 saturated carbocycles. The molecule has 0 radical (unpaired) electrons. The molecule has 0 aromatic heterocycles. The fraction of sp³-hybridized carbons (Fsp3) is 0.833. The molecule has 0 spiro atoms. The van der Waals surface area contributed by atoms with Crippen LogP contribution in [0.2, 0.25) is 0 Å². The minimum atomic E-state index is -0.736. The molecular formula is C12H21NO3. The zero-order valence-electron chi connectivity index (χ0n) is 9.92. The summed E-state index contributed by atoms with van der Waals surface area (Å²) >= 11 is 0. The van der Waals surface area contributed by atoms with Crippen molar-refractivity contribution in [3.63, 3.8) is 0 Å². The highest BCUT2D eigenvalue weighted by Crippen LogP contribution is 2.34. The van der Waals surface area contributed by atoms with E-state index < -0.39 is 5.97 Å². The normalized spacial score (nSPS) is 18.3. The first-order valence-electron chi connectivity index (χ1n) is 6.05. The van der Waals surface area contributed by atoms with Gasteiger partial charge in [-0.15, -0.1) is 0 Å². The second-order valence-corrected chi connectivity index (χ2v) is 4.77. The van der Waals surface area contributed by atoms with Gasteiger partial charge in [0.25, 0.3) is 0 Å². The van der Waals surface area contributed by atoms with E-state index in [1.807, 2.05) is 0 Å². The van der Waals surface area contributed by atoms with E-state index in [9.17, 15) is 9.59 Å². The largest absolute Gasteiger partial charge is 0.481 e. The lowest BCUT2D eigenvalue weighted by molar-refractivity contribution is -0.137. The van der Waals surface area contributed by atoms with Gasteiger partial charge in [0.2, 0.25) is 5.91 Å². The second kappa shape index (κ2) is 5.87. The number of carboxylic acids is 1. The van der Waals surface area contributed by atoms with E-state index in [1.54, 1.807) is 6.92 Å². The van der Waals surface area contributed by atoms with Gasteiger partial charge in [-0.3, -0.25) is 9.59 Å². The van der Waals surface area contributed by atoms with Crippen LogP contribution in [0.1, 0.15) is 58.3 Å². The number of unbranched alkanes of at least 4 members (excludes halogenated alkanes) is 1. The first-order chi connectivity index (χ1) is 7.54. The maximum Gasteiger partial charge on any atom is 0.303 e. The Bertz CT molecular complexity index is 257. The van der Waals surface area contributed by atoms with Crippen molar-refractivity contribution in [1.82, 2.24) is 5.32 Å². The molecule has 0 heterocycles. The van der Waals surface area contributed by atoms with E-state index in [4.69, 9.17) is 5.11 Å². The van der Waals surface area contributed by atoms with Crippen molar-refractivity contribution in [3.05, 3.63) is 0 Å². The molecule has 1 amide bonds. The Morgan fingerprint density at radius 3 is 2.38 bits per heavy atom. The van der Waals surface area contributed by atoms with Gasteiger partial charge < -0.3 is 10.4 Å². The summed E-state index contributed by atoms with van der Waals surface area (Å²) < 4.78 is 0. The van der Waals surface area contributed by atoms with Crippen LogP contribution in [0.25, 0.3) is 0 Å². The first kappa shape index (κ1) is 13.0. The highest BCUT2D eigenvalue weighted by molar-refractivity contribution is 5.73. The molecular weight excluding hydrogens is 206 g/mol. The van der Waals surface area contributed by atoms with Crippen LogP contribution in [0.3, 0.4) is 0 Å².